The molecule has 0 saturated heterocycles. The van der Waals surface area contributed by atoms with Crippen LogP contribution in [0, 0.1) is 0 Å². The van der Waals surface area contributed by atoms with Crippen LogP contribution in [-0.4, -0.2) is 6.43 Å². The van der Waals surface area contributed by atoms with E-state index in [1.165, 1.54) is 0 Å². The van der Waals surface area contributed by atoms with Crippen molar-refractivity contribution >= 4 is 0 Å². The maximum atomic E-state index is 9.69. The zero-order valence-electron chi connectivity index (χ0n) is 2.42. The second-order valence-electron chi connectivity index (χ2n) is 0.429. The van der Waals surface area contributed by atoms with Crippen molar-refractivity contribution in [3.63, 3.8) is 0 Å². The number of hydrogen-bond donors (Lipinski definition) is 0. The Hall–Kier alpha value is 0.408. The second-order valence-corrected chi connectivity index (χ2v) is 0.429. The standard InChI is InChI=1S/CF4.Mo/c2-1(3,4)5;. The molecule has 0 aromatic rings. The predicted octanol–water partition coefficient (Wildman–Crippen LogP) is 1.47. The van der Waals surface area contributed by atoms with Gasteiger partial charge in [-0.25, -0.2) is 0 Å². The van der Waals surface area contributed by atoms with E-state index in [1.54, 1.807) is 0 Å². The number of alkyl halides is 4. The summed E-state index contributed by atoms with van der Waals surface area (Å²) in [6.45, 7) is 0. The fourth-order valence-corrected chi connectivity index (χ4v) is 0. The summed E-state index contributed by atoms with van der Waals surface area (Å²) in [5, 5.41) is 0. The van der Waals surface area contributed by atoms with Gasteiger partial charge < -0.3 is 0 Å². The Morgan fingerprint density at radius 3 is 0.833 bits per heavy atom. The van der Waals surface area contributed by atoms with Crippen LogP contribution >= 0.6 is 0 Å². The first-order valence-corrected chi connectivity index (χ1v) is 0.756. The van der Waals surface area contributed by atoms with Crippen LogP contribution in [-0.2, 0) is 21.1 Å². The van der Waals surface area contributed by atoms with Crippen molar-refractivity contribution in [2.24, 2.45) is 0 Å². The largest absolute Gasteiger partial charge is 0.559 e. The van der Waals surface area contributed by atoms with E-state index in [0.29, 0.717) is 0 Å². The van der Waals surface area contributed by atoms with Gasteiger partial charge in [0.15, 0.2) is 0 Å². The summed E-state index contributed by atoms with van der Waals surface area (Å²) in [6, 6.07) is 0. The molecule has 0 saturated carbocycles. The molecule has 0 fully saturated rings. The molecule has 0 bridgehead atoms. The average molecular weight is 184 g/mol. The van der Waals surface area contributed by atoms with E-state index in [4.69, 9.17) is 0 Å². The minimum absolute atomic E-state index is 0. The molecule has 0 unspecified atom stereocenters. The first kappa shape index (κ1) is 9.65. The summed E-state index contributed by atoms with van der Waals surface area (Å²) in [4.78, 5) is 0. The number of rotatable bonds is 0. The Kier molecular flexibility index (Phi) is 4.11. The molecule has 0 rings (SSSR count). The van der Waals surface area contributed by atoms with Crippen LogP contribution in [0.2, 0.25) is 0 Å². The van der Waals surface area contributed by atoms with Crippen molar-refractivity contribution in [1.29, 1.82) is 0 Å². The van der Waals surface area contributed by atoms with Gasteiger partial charge in [-0.1, -0.05) is 0 Å². The van der Waals surface area contributed by atoms with Gasteiger partial charge in [-0.2, -0.15) is 0 Å². The molecular formula is CF4Mo. The summed E-state index contributed by atoms with van der Waals surface area (Å²) >= 11 is 0. The summed E-state index contributed by atoms with van der Waals surface area (Å²) in [5.41, 5.74) is 0. The van der Waals surface area contributed by atoms with Crippen LogP contribution < -0.4 is 0 Å². The van der Waals surface area contributed by atoms with Crippen molar-refractivity contribution in [3.8, 4) is 0 Å². The molecule has 0 spiro atoms. The van der Waals surface area contributed by atoms with E-state index in [9.17, 15) is 17.6 Å². The smallest absolute Gasteiger partial charge is 0.140 e. The Balaban J connectivity index is 0. The van der Waals surface area contributed by atoms with Crippen LogP contribution in [0.25, 0.3) is 0 Å². The normalized spacial score (nSPS) is 10.0. The molecular weight excluding hydrogens is 184 g/mol. The van der Waals surface area contributed by atoms with Crippen molar-refractivity contribution in [3.05, 3.63) is 0 Å². The van der Waals surface area contributed by atoms with Crippen LogP contribution in [0.15, 0.2) is 0 Å². The van der Waals surface area contributed by atoms with Crippen LogP contribution in [0.1, 0.15) is 0 Å². The van der Waals surface area contributed by atoms with Crippen molar-refractivity contribution in [2.45, 2.75) is 6.43 Å². The van der Waals surface area contributed by atoms with Gasteiger partial charge in [0.25, 0.3) is 0 Å². The van der Waals surface area contributed by atoms with E-state index in [0.717, 1.165) is 0 Å². The summed E-state index contributed by atoms with van der Waals surface area (Å²) < 4.78 is 38.8. The van der Waals surface area contributed by atoms with Gasteiger partial charge in [0.1, 0.15) is 0 Å². The van der Waals surface area contributed by atoms with Gasteiger partial charge in [0, 0.05) is 21.1 Å². The fraction of sp³-hybridized carbons (Fsp3) is 1.00. The fourth-order valence-electron chi connectivity index (χ4n) is 0. The number of halogens is 4. The van der Waals surface area contributed by atoms with E-state index >= 15 is 0 Å². The molecule has 0 N–H and O–H groups in total. The second kappa shape index (κ2) is 2.56. The third-order valence-corrected chi connectivity index (χ3v) is 0. The van der Waals surface area contributed by atoms with Crippen LogP contribution in [0.4, 0.5) is 17.6 Å². The molecule has 0 aliphatic carbocycles. The maximum absolute atomic E-state index is 9.69. The Morgan fingerprint density at radius 2 is 0.833 bits per heavy atom. The molecule has 0 amide bonds. The molecule has 0 aromatic carbocycles. The first-order chi connectivity index (χ1) is 2.00. The Labute approximate surface area is 45.8 Å². The van der Waals surface area contributed by atoms with Gasteiger partial charge in [-0.15, -0.1) is 17.6 Å². The van der Waals surface area contributed by atoms with Gasteiger partial charge >= 0.3 is 6.43 Å². The quantitative estimate of drug-likeness (QED) is 0.395. The first-order valence-electron chi connectivity index (χ1n) is 0.756. The zero-order valence-corrected chi connectivity index (χ0v) is 4.43. The zero-order chi connectivity index (χ0) is 4.50. The van der Waals surface area contributed by atoms with Crippen LogP contribution in [0.3, 0.4) is 0 Å². The molecule has 0 aliphatic heterocycles. The van der Waals surface area contributed by atoms with Gasteiger partial charge in [-0.3, -0.25) is 0 Å². The molecule has 0 atom stereocenters. The van der Waals surface area contributed by atoms with Gasteiger partial charge in [0.05, 0.1) is 0 Å². The molecule has 38 valence electrons. The predicted molar refractivity (Wildman–Crippen MR) is 7.16 cm³/mol. The van der Waals surface area contributed by atoms with Gasteiger partial charge in [0.2, 0.25) is 0 Å². The van der Waals surface area contributed by atoms with E-state index in [-0.39, 0.29) is 21.1 Å². The summed E-state index contributed by atoms with van der Waals surface area (Å²) in [5.74, 6) is 0. The minimum atomic E-state index is -5.50. The topological polar surface area (TPSA) is 0 Å². The van der Waals surface area contributed by atoms with Crippen molar-refractivity contribution in [1.82, 2.24) is 0 Å². The SMILES string of the molecule is FC(F)(F)F.[Mo]. The van der Waals surface area contributed by atoms with Crippen LogP contribution in [0.5, 0.6) is 0 Å². The molecule has 0 aromatic heterocycles. The molecule has 5 heteroatoms. The molecule has 0 heterocycles. The maximum Gasteiger partial charge on any atom is 0.559 e. The third-order valence-electron chi connectivity index (χ3n) is 0. The van der Waals surface area contributed by atoms with E-state index in [1.807, 2.05) is 0 Å². The summed E-state index contributed by atoms with van der Waals surface area (Å²) in [6.07, 6.45) is -5.50. The van der Waals surface area contributed by atoms with Crippen molar-refractivity contribution in [2.75, 3.05) is 0 Å². The van der Waals surface area contributed by atoms with Gasteiger partial charge in [-0.05, 0) is 0 Å². The van der Waals surface area contributed by atoms with E-state index in [2.05, 4.69) is 0 Å². The average Bonchev–Trinajstić information content (AvgIpc) is 0.722. The molecule has 0 radical (unpaired) electrons. The molecule has 0 nitrogen and oxygen atoms in total. The minimum Gasteiger partial charge on any atom is -0.140 e. The van der Waals surface area contributed by atoms with Crippen molar-refractivity contribution < 1.29 is 38.6 Å². The summed E-state index contributed by atoms with van der Waals surface area (Å²) in [7, 11) is 0. The third kappa shape index (κ3) is 307. The number of hydrogen-bond acceptors (Lipinski definition) is 0. The Morgan fingerprint density at radius 1 is 0.833 bits per heavy atom. The Bertz CT molecular complexity index is 23.0. The monoisotopic (exact) mass is 186 g/mol. The van der Waals surface area contributed by atoms with E-state index < -0.39 is 6.43 Å². The molecule has 0 aliphatic rings. The molecule has 6 heavy (non-hydrogen) atoms.